The molecule has 1 amide bonds. The second-order valence-corrected chi connectivity index (χ2v) is 5.88. The Morgan fingerprint density at radius 1 is 1.36 bits per heavy atom. The van der Waals surface area contributed by atoms with Gasteiger partial charge in [-0.3, -0.25) is 4.79 Å². The molecule has 2 aromatic heterocycles. The van der Waals surface area contributed by atoms with E-state index in [9.17, 15) is 4.79 Å². The lowest BCUT2D eigenvalue weighted by molar-refractivity contribution is -0.135. The maximum Gasteiger partial charge on any atom is 0.227 e. The number of carbonyl (C=O) groups is 1. The van der Waals surface area contributed by atoms with Gasteiger partial charge in [-0.1, -0.05) is 0 Å². The molecule has 0 saturated carbocycles. The molecule has 5 heteroatoms. The number of aromatic nitrogens is 2. The van der Waals surface area contributed by atoms with Crippen molar-refractivity contribution in [1.29, 1.82) is 0 Å². The van der Waals surface area contributed by atoms with Crippen molar-refractivity contribution in [3.8, 4) is 0 Å². The average Bonchev–Trinajstić information content (AvgIpc) is 3.03. The molecule has 3 heterocycles. The number of piperidine rings is 1. The molecule has 0 spiro atoms. The Kier molecular flexibility index (Phi) is 4.32. The maximum absolute atomic E-state index is 12.6. The molecule has 1 aliphatic heterocycles. The lowest BCUT2D eigenvalue weighted by Crippen LogP contribution is -2.45. The topological polar surface area (TPSA) is 52.2 Å². The van der Waals surface area contributed by atoms with Gasteiger partial charge in [-0.2, -0.15) is 0 Å². The summed E-state index contributed by atoms with van der Waals surface area (Å²) in [6.07, 6.45) is 3.93. The highest BCUT2D eigenvalue weighted by Crippen LogP contribution is 2.24. The number of hydrogen-bond donors (Lipinski definition) is 1. The van der Waals surface area contributed by atoms with E-state index in [0.29, 0.717) is 0 Å². The minimum Gasteiger partial charge on any atom is -0.356 e. The van der Waals surface area contributed by atoms with Crippen LogP contribution in [0.5, 0.6) is 0 Å². The van der Waals surface area contributed by atoms with Crippen LogP contribution >= 0.6 is 0 Å². The molecule has 2 aromatic rings. The summed E-state index contributed by atoms with van der Waals surface area (Å²) in [5.41, 5.74) is 0.912. The number of nitrogens with zero attached hydrogens (tertiary/aromatic N) is 3. The molecular weight excluding hydrogens is 276 g/mol. The highest BCUT2D eigenvalue weighted by Gasteiger charge is 2.28. The van der Waals surface area contributed by atoms with Gasteiger partial charge in [0.1, 0.15) is 11.5 Å². The second-order valence-electron chi connectivity index (χ2n) is 5.88. The molecule has 1 saturated heterocycles. The molecule has 1 unspecified atom stereocenters. The van der Waals surface area contributed by atoms with Crippen LogP contribution in [0.2, 0.25) is 0 Å². The van der Waals surface area contributed by atoms with Crippen molar-refractivity contribution in [2.24, 2.45) is 5.92 Å². The number of anilines is 1. The SMILES string of the molecule is CCN(CC)C(=O)C1CCCN(c2ccc3cc[nH]c3n2)C1. The summed E-state index contributed by atoms with van der Waals surface area (Å²) in [7, 11) is 0. The van der Waals surface area contributed by atoms with Crippen LogP contribution in [0, 0.1) is 5.92 Å². The largest absolute Gasteiger partial charge is 0.356 e. The smallest absolute Gasteiger partial charge is 0.227 e. The molecule has 118 valence electrons. The number of nitrogens with one attached hydrogen (secondary N) is 1. The van der Waals surface area contributed by atoms with Gasteiger partial charge >= 0.3 is 0 Å². The molecule has 5 nitrogen and oxygen atoms in total. The lowest BCUT2D eigenvalue weighted by Gasteiger charge is -2.35. The first-order valence-electron chi connectivity index (χ1n) is 8.20. The van der Waals surface area contributed by atoms with Gasteiger partial charge < -0.3 is 14.8 Å². The van der Waals surface area contributed by atoms with Gasteiger partial charge in [-0.15, -0.1) is 0 Å². The van der Waals surface area contributed by atoms with Crippen LogP contribution < -0.4 is 4.90 Å². The maximum atomic E-state index is 12.6. The van der Waals surface area contributed by atoms with E-state index in [1.54, 1.807) is 0 Å². The molecule has 1 fully saturated rings. The lowest BCUT2D eigenvalue weighted by atomic mass is 9.96. The fourth-order valence-corrected chi connectivity index (χ4v) is 3.28. The molecule has 0 bridgehead atoms. The van der Waals surface area contributed by atoms with Crippen LogP contribution in [0.1, 0.15) is 26.7 Å². The molecule has 0 aliphatic carbocycles. The summed E-state index contributed by atoms with van der Waals surface area (Å²) in [5, 5.41) is 1.12. The number of amides is 1. The monoisotopic (exact) mass is 300 g/mol. The van der Waals surface area contributed by atoms with Crippen molar-refractivity contribution >= 4 is 22.8 Å². The third kappa shape index (κ3) is 2.80. The third-order valence-corrected chi connectivity index (χ3v) is 4.56. The van der Waals surface area contributed by atoms with Crippen molar-refractivity contribution in [2.45, 2.75) is 26.7 Å². The van der Waals surface area contributed by atoms with Gasteiger partial charge in [-0.25, -0.2) is 4.98 Å². The normalized spacial score (nSPS) is 18.6. The Morgan fingerprint density at radius 2 is 2.18 bits per heavy atom. The zero-order chi connectivity index (χ0) is 15.5. The molecule has 22 heavy (non-hydrogen) atoms. The van der Waals surface area contributed by atoms with Crippen LogP contribution in [0.25, 0.3) is 11.0 Å². The standard InChI is InChI=1S/C17H24N4O/c1-3-20(4-2)17(22)14-6-5-11-21(12-14)15-8-7-13-9-10-18-16(13)19-15/h7-10,14H,3-6,11-12H2,1-2H3,(H,18,19). The summed E-state index contributed by atoms with van der Waals surface area (Å²) in [4.78, 5) is 24.6. The van der Waals surface area contributed by atoms with Crippen LogP contribution in [0.3, 0.4) is 0 Å². The van der Waals surface area contributed by atoms with Crippen molar-refractivity contribution in [3.63, 3.8) is 0 Å². The van der Waals surface area contributed by atoms with Crippen molar-refractivity contribution < 1.29 is 4.79 Å². The number of rotatable bonds is 4. The van der Waals surface area contributed by atoms with E-state index in [1.807, 2.05) is 31.0 Å². The first-order chi connectivity index (χ1) is 10.7. The van der Waals surface area contributed by atoms with E-state index in [0.717, 1.165) is 55.9 Å². The Bertz CT molecular complexity index is 647. The van der Waals surface area contributed by atoms with Gasteiger partial charge in [-0.05, 0) is 44.9 Å². The highest BCUT2D eigenvalue weighted by atomic mass is 16.2. The first kappa shape index (κ1) is 14.9. The number of fused-ring (bicyclic) bond motifs is 1. The summed E-state index contributed by atoms with van der Waals surface area (Å²) in [6, 6.07) is 6.17. The summed E-state index contributed by atoms with van der Waals surface area (Å²) < 4.78 is 0. The molecular formula is C17H24N4O. The Balaban J connectivity index is 1.76. The third-order valence-electron chi connectivity index (χ3n) is 4.56. The van der Waals surface area contributed by atoms with E-state index in [2.05, 4.69) is 27.0 Å². The minimum absolute atomic E-state index is 0.0924. The number of hydrogen-bond acceptors (Lipinski definition) is 3. The predicted molar refractivity (Wildman–Crippen MR) is 89.0 cm³/mol. The molecule has 3 rings (SSSR count). The van der Waals surface area contributed by atoms with Gasteiger partial charge in [0, 0.05) is 37.8 Å². The zero-order valence-corrected chi connectivity index (χ0v) is 13.4. The molecule has 0 radical (unpaired) electrons. The van der Waals surface area contributed by atoms with Crippen LogP contribution in [-0.2, 0) is 4.79 Å². The Labute approximate surface area is 131 Å². The summed E-state index contributed by atoms with van der Waals surface area (Å²) in [5.74, 6) is 1.34. The highest BCUT2D eigenvalue weighted by molar-refractivity contribution is 5.80. The molecule has 1 atom stereocenters. The van der Waals surface area contributed by atoms with Gasteiger partial charge in [0.2, 0.25) is 5.91 Å². The number of aromatic amines is 1. The Hall–Kier alpha value is -2.04. The van der Waals surface area contributed by atoms with E-state index in [-0.39, 0.29) is 11.8 Å². The van der Waals surface area contributed by atoms with Gasteiger partial charge in [0.15, 0.2) is 0 Å². The fraction of sp³-hybridized carbons (Fsp3) is 0.529. The van der Waals surface area contributed by atoms with Crippen LogP contribution in [0.15, 0.2) is 24.4 Å². The average molecular weight is 300 g/mol. The van der Waals surface area contributed by atoms with Crippen molar-refractivity contribution in [2.75, 3.05) is 31.1 Å². The quantitative estimate of drug-likeness (QED) is 0.944. The molecule has 1 N–H and O–H groups in total. The summed E-state index contributed by atoms with van der Waals surface area (Å²) >= 11 is 0. The second kappa shape index (κ2) is 6.38. The Morgan fingerprint density at radius 3 is 2.95 bits per heavy atom. The molecule has 1 aliphatic rings. The predicted octanol–water partition coefficient (Wildman–Crippen LogP) is 2.65. The van der Waals surface area contributed by atoms with Crippen LogP contribution in [0.4, 0.5) is 5.82 Å². The minimum atomic E-state index is 0.0924. The van der Waals surface area contributed by atoms with Crippen molar-refractivity contribution in [3.05, 3.63) is 24.4 Å². The number of pyridine rings is 1. The first-order valence-corrected chi connectivity index (χ1v) is 8.20. The van der Waals surface area contributed by atoms with Crippen LogP contribution in [-0.4, -0.2) is 47.0 Å². The number of H-pyrrole nitrogens is 1. The fourth-order valence-electron chi connectivity index (χ4n) is 3.28. The van der Waals surface area contributed by atoms with Crippen molar-refractivity contribution in [1.82, 2.24) is 14.9 Å². The van der Waals surface area contributed by atoms with E-state index in [1.165, 1.54) is 0 Å². The van der Waals surface area contributed by atoms with E-state index < -0.39 is 0 Å². The number of carbonyl (C=O) groups excluding carboxylic acids is 1. The van der Waals surface area contributed by atoms with E-state index >= 15 is 0 Å². The molecule has 0 aromatic carbocycles. The van der Waals surface area contributed by atoms with Gasteiger partial charge in [0.05, 0.1) is 5.92 Å². The van der Waals surface area contributed by atoms with Gasteiger partial charge in [0.25, 0.3) is 0 Å². The summed E-state index contributed by atoms with van der Waals surface area (Å²) in [6.45, 7) is 7.41. The zero-order valence-electron chi connectivity index (χ0n) is 13.4. The van der Waals surface area contributed by atoms with E-state index in [4.69, 9.17) is 0 Å².